The van der Waals surface area contributed by atoms with Crippen LogP contribution in [0.25, 0.3) is 0 Å². The summed E-state index contributed by atoms with van der Waals surface area (Å²) >= 11 is 0. The number of aliphatic hydroxyl groups is 1. The SMILES string of the molecule is COC[C@@H]1CCCN1S(=O)(=O)c1ccc2c(c1)C(=O)C(=O)N2Cc1ccc(OCC(O)CF)cc1. The Labute approximate surface area is 203 Å². The number of anilines is 1. The van der Waals surface area contributed by atoms with E-state index in [1.807, 2.05) is 0 Å². The molecule has 2 aromatic carbocycles. The average molecular weight is 507 g/mol. The summed E-state index contributed by atoms with van der Waals surface area (Å²) in [6, 6.07) is 10.5. The van der Waals surface area contributed by atoms with E-state index in [0.29, 0.717) is 30.0 Å². The Kier molecular flexibility index (Phi) is 7.50. The average Bonchev–Trinajstić information content (AvgIpc) is 3.42. The first-order valence-electron chi connectivity index (χ1n) is 11.2. The van der Waals surface area contributed by atoms with Crippen molar-refractivity contribution >= 4 is 27.4 Å². The number of alkyl halides is 1. The number of nitrogens with zero attached hydrogens (tertiary/aromatic N) is 2. The second-order valence-corrected chi connectivity index (χ2v) is 10.4. The molecule has 1 N–H and O–H groups in total. The van der Waals surface area contributed by atoms with Gasteiger partial charge in [-0.2, -0.15) is 4.31 Å². The maximum Gasteiger partial charge on any atom is 0.299 e. The fraction of sp³-hybridized carbons (Fsp3) is 0.417. The number of carbonyl (C=O) groups excluding carboxylic acids is 2. The fourth-order valence-electron chi connectivity index (χ4n) is 4.33. The van der Waals surface area contributed by atoms with Gasteiger partial charge in [0.25, 0.3) is 11.7 Å². The van der Waals surface area contributed by atoms with Gasteiger partial charge in [-0.15, -0.1) is 0 Å². The Balaban J connectivity index is 1.53. The van der Waals surface area contributed by atoms with Crippen molar-refractivity contribution in [2.75, 3.05) is 38.4 Å². The number of benzene rings is 2. The smallest absolute Gasteiger partial charge is 0.299 e. The van der Waals surface area contributed by atoms with Gasteiger partial charge in [0.15, 0.2) is 0 Å². The van der Waals surface area contributed by atoms with Crippen LogP contribution in [0.4, 0.5) is 10.1 Å². The van der Waals surface area contributed by atoms with Crippen molar-refractivity contribution in [2.24, 2.45) is 0 Å². The lowest BCUT2D eigenvalue weighted by molar-refractivity contribution is -0.114. The van der Waals surface area contributed by atoms with E-state index >= 15 is 0 Å². The normalized spacial score (nSPS) is 19.3. The molecule has 2 aliphatic heterocycles. The van der Waals surface area contributed by atoms with Crippen molar-refractivity contribution in [3.63, 3.8) is 0 Å². The molecule has 2 aromatic rings. The molecule has 0 radical (unpaired) electrons. The zero-order valence-electron chi connectivity index (χ0n) is 19.2. The number of halogens is 1. The second kappa shape index (κ2) is 10.4. The van der Waals surface area contributed by atoms with Crippen LogP contribution < -0.4 is 9.64 Å². The van der Waals surface area contributed by atoms with Gasteiger partial charge in [0.2, 0.25) is 10.0 Å². The van der Waals surface area contributed by atoms with E-state index in [9.17, 15) is 27.5 Å². The number of hydrogen-bond acceptors (Lipinski definition) is 7. The van der Waals surface area contributed by atoms with E-state index in [4.69, 9.17) is 9.47 Å². The summed E-state index contributed by atoms with van der Waals surface area (Å²) in [5.74, 6) is -1.07. The first-order chi connectivity index (χ1) is 16.8. The summed E-state index contributed by atoms with van der Waals surface area (Å²) in [6.45, 7) is -0.331. The van der Waals surface area contributed by atoms with Crippen molar-refractivity contribution in [2.45, 2.75) is 36.4 Å². The van der Waals surface area contributed by atoms with Crippen LogP contribution in [0, 0.1) is 0 Å². The van der Waals surface area contributed by atoms with Gasteiger partial charge in [-0.05, 0) is 48.7 Å². The van der Waals surface area contributed by atoms with Crippen LogP contribution in [0.1, 0.15) is 28.8 Å². The number of ketones is 1. The third kappa shape index (κ3) is 5.08. The minimum absolute atomic E-state index is 0.0285. The molecule has 4 rings (SSSR count). The number of rotatable bonds is 10. The lowest BCUT2D eigenvalue weighted by Crippen LogP contribution is -2.38. The van der Waals surface area contributed by atoms with E-state index in [-0.39, 0.29) is 36.3 Å². The number of aliphatic hydroxyl groups excluding tert-OH is 1. The zero-order chi connectivity index (χ0) is 25.2. The molecule has 1 fully saturated rings. The monoisotopic (exact) mass is 506 g/mol. The molecule has 11 heteroatoms. The number of hydrogen-bond donors (Lipinski definition) is 1. The summed E-state index contributed by atoms with van der Waals surface area (Å²) in [7, 11) is -2.33. The van der Waals surface area contributed by atoms with Crippen LogP contribution >= 0.6 is 0 Å². The third-order valence-electron chi connectivity index (χ3n) is 6.12. The highest BCUT2D eigenvalue weighted by Crippen LogP contribution is 2.34. The summed E-state index contributed by atoms with van der Waals surface area (Å²) in [5.41, 5.74) is 1.10. The largest absolute Gasteiger partial charge is 0.491 e. The highest BCUT2D eigenvalue weighted by molar-refractivity contribution is 7.89. The Hall–Kier alpha value is -2.86. The quantitative estimate of drug-likeness (QED) is 0.490. The predicted molar refractivity (Wildman–Crippen MR) is 125 cm³/mol. The predicted octanol–water partition coefficient (Wildman–Crippen LogP) is 1.92. The number of methoxy groups -OCH3 is 1. The molecule has 9 nitrogen and oxygen atoms in total. The first kappa shape index (κ1) is 25.2. The second-order valence-electron chi connectivity index (χ2n) is 8.53. The molecule has 0 bridgehead atoms. The molecule has 2 aliphatic rings. The van der Waals surface area contributed by atoms with E-state index in [1.54, 1.807) is 24.3 Å². The van der Waals surface area contributed by atoms with Crippen LogP contribution in [-0.2, 0) is 26.1 Å². The van der Waals surface area contributed by atoms with Crippen molar-refractivity contribution in [3.05, 3.63) is 53.6 Å². The van der Waals surface area contributed by atoms with E-state index in [1.165, 1.54) is 34.5 Å². The summed E-state index contributed by atoms with van der Waals surface area (Å²) < 4.78 is 50.7. The lowest BCUT2D eigenvalue weighted by Gasteiger charge is -2.24. The van der Waals surface area contributed by atoms with Crippen LogP contribution in [0.5, 0.6) is 5.75 Å². The van der Waals surface area contributed by atoms with Gasteiger partial charge in [-0.3, -0.25) is 9.59 Å². The molecule has 0 saturated carbocycles. The van der Waals surface area contributed by atoms with Gasteiger partial charge in [0.1, 0.15) is 25.1 Å². The Morgan fingerprint density at radius 1 is 1.17 bits per heavy atom. The molecule has 0 spiro atoms. The molecule has 188 valence electrons. The molecule has 1 unspecified atom stereocenters. The lowest BCUT2D eigenvalue weighted by atomic mass is 10.1. The van der Waals surface area contributed by atoms with Gasteiger partial charge in [-0.25, -0.2) is 12.8 Å². The van der Waals surface area contributed by atoms with E-state index in [2.05, 4.69) is 0 Å². The van der Waals surface area contributed by atoms with Crippen molar-refractivity contribution in [1.82, 2.24) is 4.31 Å². The van der Waals surface area contributed by atoms with Crippen LogP contribution in [0.15, 0.2) is 47.4 Å². The summed E-state index contributed by atoms with van der Waals surface area (Å²) in [5, 5.41) is 9.26. The van der Waals surface area contributed by atoms with E-state index < -0.39 is 34.5 Å². The molecule has 1 amide bonds. The highest BCUT2D eigenvalue weighted by atomic mass is 32.2. The van der Waals surface area contributed by atoms with Crippen LogP contribution in [-0.4, -0.2) is 75.2 Å². The van der Waals surface area contributed by atoms with Crippen molar-refractivity contribution in [1.29, 1.82) is 0 Å². The van der Waals surface area contributed by atoms with Crippen molar-refractivity contribution in [3.8, 4) is 5.75 Å². The van der Waals surface area contributed by atoms with Gasteiger partial charge < -0.3 is 19.5 Å². The summed E-state index contributed by atoms with van der Waals surface area (Å²) in [4.78, 5) is 26.7. The molecule has 2 atom stereocenters. The summed E-state index contributed by atoms with van der Waals surface area (Å²) in [6.07, 6.45) is 0.220. The number of amides is 1. The molecule has 1 saturated heterocycles. The van der Waals surface area contributed by atoms with Gasteiger partial charge >= 0.3 is 0 Å². The Bertz CT molecular complexity index is 1200. The molecule has 0 aromatic heterocycles. The zero-order valence-corrected chi connectivity index (χ0v) is 20.0. The maximum atomic E-state index is 13.2. The number of Topliss-reactive ketones (excluding diaryl/α,β-unsaturated/α-hetero) is 1. The topological polar surface area (TPSA) is 113 Å². The van der Waals surface area contributed by atoms with E-state index in [0.717, 1.165) is 6.42 Å². The number of ether oxygens (including phenoxy) is 2. The first-order valence-corrected chi connectivity index (χ1v) is 12.7. The molecule has 0 aliphatic carbocycles. The minimum Gasteiger partial charge on any atom is -0.491 e. The van der Waals surface area contributed by atoms with Gasteiger partial charge in [-0.1, -0.05) is 12.1 Å². The maximum absolute atomic E-state index is 13.2. The number of carbonyl (C=O) groups is 2. The molecular weight excluding hydrogens is 479 g/mol. The van der Waals surface area contributed by atoms with Crippen LogP contribution in [0.2, 0.25) is 0 Å². The molecule has 35 heavy (non-hydrogen) atoms. The standard InChI is InChI=1S/C24H27FN2O7S/c1-33-14-17-3-2-10-27(17)35(31,32)20-8-9-22-21(11-20)23(29)24(30)26(22)13-16-4-6-19(7-5-16)34-15-18(28)12-25/h4-9,11,17-18,28H,2-3,10,12-15H2,1H3/t17-,18?/m0/s1. The fourth-order valence-corrected chi connectivity index (χ4v) is 6.03. The number of fused-ring (bicyclic) bond motifs is 1. The third-order valence-corrected chi connectivity index (χ3v) is 8.06. The van der Waals surface area contributed by atoms with Crippen LogP contribution in [0.3, 0.4) is 0 Å². The van der Waals surface area contributed by atoms with Gasteiger partial charge in [0.05, 0.1) is 29.3 Å². The minimum atomic E-state index is -3.85. The highest BCUT2D eigenvalue weighted by Gasteiger charge is 2.39. The Morgan fingerprint density at radius 3 is 2.60 bits per heavy atom. The Morgan fingerprint density at radius 2 is 1.91 bits per heavy atom. The molecule has 2 heterocycles. The molecular formula is C24H27FN2O7S. The van der Waals surface area contributed by atoms with Gasteiger partial charge in [0, 0.05) is 19.7 Å². The van der Waals surface area contributed by atoms with Crippen molar-refractivity contribution < 1.29 is 37.0 Å². The number of sulfonamides is 1.